The first-order valence-corrected chi connectivity index (χ1v) is 13.1. The molecule has 3 aromatic carbocycles. The zero-order valence-electron chi connectivity index (χ0n) is 21.1. The predicted molar refractivity (Wildman–Crippen MR) is 148 cm³/mol. The molecule has 0 saturated heterocycles. The number of nitrogens with one attached hydrogen (secondary N) is 1. The van der Waals surface area contributed by atoms with Gasteiger partial charge in [-0.25, -0.2) is 0 Å². The van der Waals surface area contributed by atoms with Gasteiger partial charge in [0.15, 0.2) is 0 Å². The quantitative estimate of drug-likeness (QED) is 0.305. The first kappa shape index (κ1) is 27.8. The number of hydrogen-bond donors (Lipinski definition) is 1. The number of benzene rings is 3. The lowest BCUT2D eigenvalue weighted by molar-refractivity contribution is -0.141. The third-order valence-corrected chi connectivity index (χ3v) is 6.80. The maximum atomic E-state index is 13.7. The molecule has 0 saturated carbocycles. The largest absolute Gasteiger partial charge is 0.354 e. The molecule has 6 heteroatoms. The number of halogens is 2. The summed E-state index contributed by atoms with van der Waals surface area (Å²) in [6, 6.07) is 22.5. The van der Waals surface area contributed by atoms with E-state index in [9.17, 15) is 9.59 Å². The van der Waals surface area contributed by atoms with E-state index in [2.05, 4.69) is 5.32 Å². The monoisotopic (exact) mass is 524 g/mol. The van der Waals surface area contributed by atoms with Gasteiger partial charge in [-0.3, -0.25) is 9.59 Å². The maximum absolute atomic E-state index is 13.7. The molecule has 0 aliphatic carbocycles. The van der Waals surface area contributed by atoms with E-state index in [0.717, 1.165) is 11.1 Å². The molecule has 4 nitrogen and oxygen atoms in total. The van der Waals surface area contributed by atoms with E-state index in [1.807, 2.05) is 75.4 Å². The lowest BCUT2D eigenvalue weighted by Crippen LogP contribution is -2.51. The smallest absolute Gasteiger partial charge is 0.243 e. The summed E-state index contributed by atoms with van der Waals surface area (Å²) in [6.45, 7) is 6.80. The van der Waals surface area contributed by atoms with Crippen molar-refractivity contribution in [1.82, 2.24) is 10.2 Å². The maximum Gasteiger partial charge on any atom is 0.243 e. The van der Waals surface area contributed by atoms with Crippen LogP contribution in [-0.4, -0.2) is 29.3 Å². The van der Waals surface area contributed by atoms with Crippen molar-refractivity contribution in [2.75, 3.05) is 6.54 Å². The number of nitrogens with zero attached hydrogens (tertiary/aromatic N) is 1. The molecule has 1 N–H and O–H groups in total. The molecule has 0 spiro atoms. The predicted octanol–water partition coefficient (Wildman–Crippen LogP) is 6.65. The van der Waals surface area contributed by atoms with E-state index < -0.39 is 6.04 Å². The van der Waals surface area contributed by atoms with Gasteiger partial charge in [0.25, 0.3) is 0 Å². The zero-order valence-corrected chi connectivity index (χ0v) is 22.6. The fourth-order valence-electron chi connectivity index (χ4n) is 3.98. The molecule has 0 aliphatic heterocycles. The van der Waals surface area contributed by atoms with E-state index in [0.29, 0.717) is 35.0 Å². The van der Waals surface area contributed by atoms with Crippen LogP contribution in [0.3, 0.4) is 0 Å². The van der Waals surface area contributed by atoms with Crippen LogP contribution in [-0.2, 0) is 29.0 Å². The summed E-state index contributed by atoms with van der Waals surface area (Å²) in [5, 5.41) is 3.98. The highest BCUT2D eigenvalue weighted by atomic mass is 35.5. The van der Waals surface area contributed by atoms with Gasteiger partial charge in [0, 0.05) is 41.5 Å². The Bertz CT molecular complexity index is 1130. The van der Waals surface area contributed by atoms with Crippen molar-refractivity contribution in [3.8, 4) is 0 Å². The molecular weight excluding hydrogens is 491 g/mol. The number of aryl methyl sites for hydroxylation is 2. The van der Waals surface area contributed by atoms with Gasteiger partial charge in [-0.15, -0.1) is 0 Å². The van der Waals surface area contributed by atoms with Gasteiger partial charge in [-0.05, 0) is 42.5 Å². The highest BCUT2D eigenvalue weighted by Crippen LogP contribution is 2.27. The Morgan fingerprint density at radius 3 is 2.11 bits per heavy atom. The molecule has 3 aromatic rings. The summed E-state index contributed by atoms with van der Waals surface area (Å²) in [4.78, 5) is 28.9. The van der Waals surface area contributed by atoms with Crippen LogP contribution in [0.1, 0.15) is 42.5 Å². The first-order chi connectivity index (χ1) is 17.2. The van der Waals surface area contributed by atoms with Crippen molar-refractivity contribution in [2.24, 2.45) is 5.92 Å². The molecule has 0 heterocycles. The topological polar surface area (TPSA) is 49.4 Å². The van der Waals surface area contributed by atoms with E-state index in [1.165, 1.54) is 5.56 Å². The third-order valence-electron chi connectivity index (χ3n) is 6.09. The van der Waals surface area contributed by atoms with Gasteiger partial charge >= 0.3 is 0 Å². The van der Waals surface area contributed by atoms with Gasteiger partial charge in [0.2, 0.25) is 11.8 Å². The van der Waals surface area contributed by atoms with Gasteiger partial charge in [0.05, 0.1) is 0 Å². The average molecular weight is 526 g/mol. The van der Waals surface area contributed by atoms with Crippen LogP contribution in [0.5, 0.6) is 0 Å². The summed E-state index contributed by atoms with van der Waals surface area (Å²) in [7, 11) is 0. The molecule has 36 heavy (non-hydrogen) atoms. The average Bonchev–Trinajstić information content (AvgIpc) is 2.86. The van der Waals surface area contributed by atoms with Gasteiger partial charge < -0.3 is 10.2 Å². The summed E-state index contributed by atoms with van der Waals surface area (Å²) in [5.74, 6) is -0.0124. The van der Waals surface area contributed by atoms with Crippen molar-refractivity contribution in [3.05, 3.63) is 105 Å². The standard InChI is InChI=1S/C30H34Cl2N2O2/c1-21(2)19-33-30(36)28(18-24-8-5-4-6-9-24)34(20-25-26(31)10-7-11-27(25)32)29(35)17-16-23-14-12-22(3)13-15-23/h4-15,21,28H,16-20H2,1-3H3,(H,33,36). The normalized spacial score (nSPS) is 11.8. The minimum absolute atomic E-state index is 0.118. The minimum Gasteiger partial charge on any atom is -0.354 e. The van der Waals surface area contributed by atoms with Crippen LogP contribution in [0.2, 0.25) is 10.0 Å². The zero-order chi connectivity index (χ0) is 26.1. The summed E-state index contributed by atoms with van der Waals surface area (Å²) in [5.41, 5.74) is 3.86. The molecule has 0 bridgehead atoms. The second-order valence-corrected chi connectivity index (χ2v) is 10.4. The van der Waals surface area contributed by atoms with Crippen molar-refractivity contribution in [1.29, 1.82) is 0 Å². The molecule has 3 rings (SSSR count). The molecule has 1 unspecified atom stereocenters. The lowest BCUT2D eigenvalue weighted by atomic mass is 10.0. The SMILES string of the molecule is Cc1ccc(CCC(=O)N(Cc2c(Cl)cccc2Cl)C(Cc2ccccc2)C(=O)NCC(C)C)cc1. The Morgan fingerprint density at radius 1 is 0.861 bits per heavy atom. The Kier molecular flexibility index (Phi) is 10.4. The summed E-state index contributed by atoms with van der Waals surface area (Å²) in [6.07, 6.45) is 1.24. The minimum atomic E-state index is -0.705. The third kappa shape index (κ3) is 8.11. The Balaban J connectivity index is 1.94. The molecule has 0 aromatic heterocycles. The van der Waals surface area contributed by atoms with Crippen LogP contribution < -0.4 is 5.32 Å². The molecule has 0 radical (unpaired) electrons. The number of carbonyl (C=O) groups excluding carboxylic acids is 2. The first-order valence-electron chi connectivity index (χ1n) is 12.3. The van der Waals surface area contributed by atoms with Crippen LogP contribution in [0.4, 0.5) is 0 Å². The number of carbonyl (C=O) groups is 2. The Hall–Kier alpha value is -2.82. The second-order valence-electron chi connectivity index (χ2n) is 9.55. The van der Waals surface area contributed by atoms with Crippen LogP contribution in [0, 0.1) is 12.8 Å². The van der Waals surface area contributed by atoms with E-state index in [4.69, 9.17) is 23.2 Å². The van der Waals surface area contributed by atoms with Gasteiger partial charge in [-0.2, -0.15) is 0 Å². The van der Waals surface area contributed by atoms with Crippen LogP contribution in [0.15, 0.2) is 72.8 Å². The summed E-state index contributed by atoms with van der Waals surface area (Å²) < 4.78 is 0. The second kappa shape index (κ2) is 13.5. The Labute approximate surface area is 224 Å². The molecule has 0 fully saturated rings. The molecule has 0 aliphatic rings. The molecule has 190 valence electrons. The molecule has 1 atom stereocenters. The van der Waals surface area contributed by atoms with Crippen LogP contribution in [0.25, 0.3) is 0 Å². The highest BCUT2D eigenvalue weighted by molar-refractivity contribution is 6.36. The van der Waals surface area contributed by atoms with Crippen LogP contribution >= 0.6 is 23.2 Å². The van der Waals surface area contributed by atoms with Crippen molar-refractivity contribution < 1.29 is 9.59 Å². The number of amides is 2. The fourth-order valence-corrected chi connectivity index (χ4v) is 4.50. The van der Waals surface area contributed by atoms with Gasteiger partial charge in [-0.1, -0.05) is 103 Å². The highest BCUT2D eigenvalue weighted by Gasteiger charge is 2.31. The fraction of sp³-hybridized carbons (Fsp3) is 0.333. The molecular formula is C30H34Cl2N2O2. The van der Waals surface area contributed by atoms with Crippen molar-refractivity contribution in [3.63, 3.8) is 0 Å². The van der Waals surface area contributed by atoms with E-state index in [1.54, 1.807) is 23.1 Å². The Morgan fingerprint density at radius 2 is 1.50 bits per heavy atom. The van der Waals surface area contributed by atoms with E-state index >= 15 is 0 Å². The van der Waals surface area contributed by atoms with Crippen molar-refractivity contribution >= 4 is 35.0 Å². The van der Waals surface area contributed by atoms with E-state index in [-0.39, 0.29) is 30.7 Å². The van der Waals surface area contributed by atoms with Gasteiger partial charge in [0.1, 0.15) is 6.04 Å². The number of hydrogen-bond acceptors (Lipinski definition) is 2. The number of rotatable bonds is 11. The van der Waals surface area contributed by atoms with Crippen molar-refractivity contribution in [2.45, 2.75) is 52.6 Å². The summed E-state index contributed by atoms with van der Waals surface area (Å²) >= 11 is 13.0. The molecule has 2 amide bonds. The lowest BCUT2D eigenvalue weighted by Gasteiger charge is -2.32.